The quantitative estimate of drug-likeness (QED) is 0.920. The van der Waals surface area contributed by atoms with Crippen LogP contribution in [0.15, 0.2) is 36.7 Å². The van der Waals surface area contributed by atoms with Crippen LogP contribution >= 0.6 is 0 Å². The van der Waals surface area contributed by atoms with Crippen LogP contribution in [0.3, 0.4) is 0 Å². The summed E-state index contributed by atoms with van der Waals surface area (Å²) < 4.78 is 12.5. The minimum Gasteiger partial charge on any atom is -0.454 e. The molecule has 0 unspecified atom stereocenters. The van der Waals surface area contributed by atoms with Gasteiger partial charge in [0.25, 0.3) is 0 Å². The van der Waals surface area contributed by atoms with Gasteiger partial charge in [0.1, 0.15) is 0 Å². The number of hydrogen-bond donors (Lipinski definition) is 1. The molecular weight excluding hydrogens is 256 g/mol. The number of benzene rings is 1. The second-order valence-electron chi connectivity index (χ2n) is 4.83. The topological polar surface area (TPSA) is 52.5 Å². The van der Waals surface area contributed by atoms with Crippen molar-refractivity contribution >= 4 is 5.91 Å². The van der Waals surface area contributed by atoms with Crippen LogP contribution in [0, 0.1) is 0 Å². The molecule has 1 aromatic heterocycles. The second-order valence-corrected chi connectivity index (χ2v) is 4.83. The molecule has 1 amide bonds. The van der Waals surface area contributed by atoms with E-state index in [9.17, 15) is 4.79 Å². The Bertz CT molecular complexity index is 634. The van der Waals surface area contributed by atoms with Crippen LogP contribution < -0.4 is 14.8 Å². The molecule has 1 aliphatic rings. The highest BCUT2D eigenvalue weighted by atomic mass is 16.7. The average molecular weight is 272 g/mol. The molecule has 1 aromatic carbocycles. The number of ether oxygens (including phenoxy) is 2. The van der Waals surface area contributed by atoms with Crippen LogP contribution in [-0.2, 0) is 24.8 Å². The third kappa shape index (κ3) is 2.77. The second kappa shape index (κ2) is 5.28. The van der Waals surface area contributed by atoms with E-state index in [0.717, 1.165) is 22.6 Å². The molecule has 3 rings (SSSR count). The number of amides is 1. The van der Waals surface area contributed by atoms with Crippen molar-refractivity contribution in [2.75, 3.05) is 6.79 Å². The summed E-state index contributed by atoms with van der Waals surface area (Å²) in [7, 11) is 1.94. The van der Waals surface area contributed by atoms with Gasteiger partial charge in [0, 0.05) is 26.0 Å². The summed E-state index contributed by atoms with van der Waals surface area (Å²) in [6.45, 7) is 0.751. The predicted molar refractivity (Wildman–Crippen MR) is 73.5 cm³/mol. The van der Waals surface area contributed by atoms with Crippen LogP contribution in [0.25, 0.3) is 0 Å². The third-order valence-corrected chi connectivity index (χ3v) is 3.18. The lowest BCUT2D eigenvalue weighted by Crippen LogP contribution is -2.24. The fourth-order valence-electron chi connectivity index (χ4n) is 2.16. The molecule has 0 atom stereocenters. The van der Waals surface area contributed by atoms with Crippen molar-refractivity contribution in [3.8, 4) is 11.5 Å². The van der Waals surface area contributed by atoms with Crippen LogP contribution in [0.5, 0.6) is 11.5 Å². The van der Waals surface area contributed by atoms with E-state index in [1.165, 1.54) is 0 Å². The van der Waals surface area contributed by atoms with Gasteiger partial charge in [-0.2, -0.15) is 0 Å². The van der Waals surface area contributed by atoms with Crippen molar-refractivity contribution in [3.63, 3.8) is 0 Å². The predicted octanol–water partition coefficient (Wildman–Crippen LogP) is 1.61. The summed E-state index contributed by atoms with van der Waals surface area (Å²) in [6, 6.07) is 7.63. The molecule has 0 fully saturated rings. The van der Waals surface area contributed by atoms with E-state index in [4.69, 9.17) is 9.47 Å². The van der Waals surface area contributed by atoms with E-state index >= 15 is 0 Å². The maximum atomic E-state index is 11.9. The first-order valence-electron chi connectivity index (χ1n) is 6.47. The molecule has 0 bridgehead atoms. The molecule has 1 N–H and O–H groups in total. The average Bonchev–Trinajstić information content (AvgIpc) is 3.04. The number of aryl methyl sites for hydroxylation is 1. The Balaban J connectivity index is 1.55. The maximum absolute atomic E-state index is 11.9. The van der Waals surface area contributed by atoms with E-state index in [1.54, 1.807) is 0 Å². The van der Waals surface area contributed by atoms with E-state index < -0.39 is 0 Å². The number of rotatable bonds is 4. The van der Waals surface area contributed by atoms with Gasteiger partial charge in [-0.25, -0.2) is 0 Å². The van der Waals surface area contributed by atoms with Gasteiger partial charge in [0.2, 0.25) is 12.7 Å². The summed E-state index contributed by atoms with van der Waals surface area (Å²) in [4.78, 5) is 11.9. The van der Waals surface area contributed by atoms with Gasteiger partial charge in [0.05, 0.1) is 6.42 Å². The Kier molecular flexibility index (Phi) is 3.33. The molecule has 2 heterocycles. The standard InChI is InChI=1S/C15H16N2O3/c1-17-5-4-12(9-17)7-15(18)16-8-11-2-3-13-14(6-11)20-10-19-13/h2-6,9H,7-8,10H2,1H3,(H,16,18). The van der Waals surface area contributed by atoms with Gasteiger partial charge >= 0.3 is 0 Å². The SMILES string of the molecule is Cn1ccc(CC(=O)NCc2ccc3c(c2)OCO3)c1. The van der Waals surface area contributed by atoms with E-state index in [1.807, 2.05) is 48.3 Å². The molecular formula is C15H16N2O3. The zero-order valence-corrected chi connectivity index (χ0v) is 11.3. The molecule has 0 aliphatic carbocycles. The summed E-state index contributed by atoms with van der Waals surface area (Å²) in [5.41, 5.74) is 2.01. The van der Waals surface area contributed by atoms with E-state index in [2.05, 4.69) is 5.32 Å². The van der Waals surface area contributed by atoms with E-state index in [0.29, 0.717) is 13.0 Å². The number of aromatic nitrogens is 1. The highest BCUT2D eigenvalue weighted by Gasteiger charge is 2.13. The van der Waals surface area contributed by atoms with Gasteiger partial charge in [-0.05, 0) is 29.3 Å². The normalized spacial score (nSPS) is 12.4. The number of nitrogens with zero attached hydrogens (tertiary/aromatic N) is 1. The molecule has 0 radical (unpaired) electrons. The van der Waals surface area contributed by atoms with Crippen molar-refractivity contribution in [2.45, 2.75) is 13.0 Å². The maximum Gasteiger partial charge on any atom is 0.231 e. The molecule has 104 valence electrons. The van der Waals surface area contributed by atoms with Gasteiger partial charge in [-0.3, -0.25) is 4.79 Å². The molecule has 0 spiro atoms. The molecule has 2 aromatic rings. The largest absolute Gasteiger partial charge is 0.454 e. The first-order chi connectivity index (χ1) is 9.70. The van der Waals surface area contributed by atoms with Crippen molar-refractivity contribution < 1.29 is 14.3 Å². The zero-order valence-electron chi connectivity index (χ0n) is 11.3. The van der Waals surface area contributed by atoms with Crippen molar-refractivity contribution in [2.24, 2.45) is 7.05 Å². The lowest BCUT2D eigenvalue weighted by Gasteiger charge is -2.05. The lowest BCUT2D eigenvalue weighted by molar-refractivity contribution is -0.120. The minimum atomic E-state index is 0.00821. The monoisotopic (exact) mass is 272 g/mol. The molecule has 5 heteroatoms. The summed E-state index contributed by atoms with van der Waals surface area (Å²) in [5, 5.41) is 2.90. The number of hydrogen-bond acceptors (Lipinski definition) is 3. The molecule has 1 aliphatic heterocycles. The number of carbonyl (C=O) groups excluding carboxylic acids is 1. The van der Waals surface area contributed by atoms with Gasteiger partial charge < -0.3 is 19.4 Å². The van der Waals surface area contributed by atoms with Crippen LogP contribution in [0.1, 0.15) is 11.1 Å². The number of fused-ring (bicyclic) bond motifs is 1. The summed E-state index contributed by atoms with van der Waals surface area (Å²) >= 11 is 0. The molecule has 0 saturated heterocycles. The number of nitrogens with one attached hydrogen (secondary N) is 1. The van der Waals surface area contributed by atoms with Crippen molar-refractivity contribution in [3.05, 3.63) is 47.8 Å². The van der Waals surface area contributed by atoms with Crippen LogP contribution in [-0.4, -0.2) is 17.3 Å². The third-order valence-electron chi connectivity index (χ3n) is 3.18. The van der Waals surface area contributed by atoms with E-state index in [-0.39, 0.29) is 12.7 Å². The van der Waals surface area contributed by atoms with Crippen LogP contribution in [0.4, 0.5) is 0 Å². The molecule has 20 heavy (non-hydrogen) atoms. The molecule has 0 saturated carbocycles. The Labute approximate surface area is 117 Å². The Hall–Kier alpha value is -2.43. The van der Waals surface area contributed by atoms with Gasteiger partial charge in [-0.1, -0.05) is 6.07 Å². The fraction of sp³-hybridized carbons (Fsp3) is 0.267. The fourth-order valence-corrected chi connectivity index (χ4v) is 2.16. The first kappa shape index (κ1) is 12.6. The zero-order chi connectivity index (χ0) is 13.9. The summed E-state index contributed by atoms with van der Waals surface area (Å²) in [6.07, 6.45) is 4.27. The highest BCUT2D eigenvalue weighted by molar-refractivity contribution is 5.78. The summed E-state index contributed by atoms with van der Waals surface area (Å²) in [5.74, 6) is 1.50. The Morgan fingerprint density at radius 2 is 2.10 bits per heavy atom. The van der Waals surface area contributed by atoms with Gasteiger partial charge in [-0.15, -0.1) is 0 Å². The minimum absolute atomic E-state index is 0.00821. The number of carbonyl (C=O) groups is 1. The lowest BCUT2D eigenvalue weighted by atomic mass is 10.2. The smallest absolute Gasteiger partial charge is 0.231 e. The van der Waals surface area contributed by atoms with Crippen molar-refractivity contribution in [1.29, 1.82) is 0 Å². The Morgan fingerprint density at radius 1 is 1.25 bits per heavy atom. The van der Waals surface area contributed by atoms with Crippen LogP contribution in [0.2, 0.25) is 0 Å². The van der Waals surface area contributed by atoms with Crippen molar-refractivity contribution in [1.82, 2.24) is 9.88 Å². The highest BCUT2D eigenvalue weighted by Crippen LogP contribution is 2.32. The first-order valence-corrected chi connectivity index (χ1v) is 6.47. The van der Waals surface area contributed by atoms with Gasteiger partial charge in [0.15, 0.2) is 11.5 Å². The Morgan fingerprint density at radius 3 is 2.90 bits per heavy atom. The molecule has 5 nitrogen and oxygen atoms in total.